The number of nitrogens with one attached hydrogen (secondary N) is 1. The van der Waals surface area contributed by atoms with Gasteiger partial charge in [-0.1, -0.05) is 0 Å². The zero-order chi connectivity index (χ0) is 13.7. The maximum atomic E-state index is 11.7. The molecule has 0 aliphatic heterocycles. The van der Waals surface area contributed by atoms with Crippen LogP contribution in [0.5, 0.6) is 0 Å². The smallest absolute Gasteiger partial charge is 0.244 e. The lowest BCUT2D eigenvalue weighted by Crippen LogP contribution is -2.46. The number of rotatable bonds is 5. The molecule has 0 saturated heterocycles. The van der Waals surface area contributed by atoms with Gasteiger partial charge in [-0.05, 0) is 13.8 Å². The molecule has 7 nitrogen and oxygen atoms in total. The Bertz CT molecular complexity index is 429. The number of anilines is 1. The Kier molecular flexibility index (Phi) is 4.70. The second kappa shape index (κ2) is 6.04. The van der Waals surface area contributed by atoms with Gasteiger partial charge in [-0.25, -0.2) is 0 Å². The summed E-state index contributed by atoms with van der Waals surface area (Å²) in [7, 11) is 1.69. The van der Waals surface area contributed by atoms with Crippen molar-refractivity contribution in [1.82, 2.24) is 20.0 Å². The van der Waals surface area contributed by atoms with Crippen molar-refractivity contribution in [2.75, 3.05) is 19.3 Å². The molecule has 0 radical (unpaired) electrons. The number of carbonyl (C=O) groups excluding carboxylic acids is 2. The first-order chi connectivity index (χ1) is 8.43. The lowest BCUT2D eigenvalue weighted by molar-refractivity contribution is -0.134. The number of aromatic nitrogens is 2. The van der Waals surface area contributed by atoms with E-state index in [1.165, 1.54) is 10.9 Å². The Labute approximate surface area is 106 Å². The minimum absolute atomic E-state index is 0.0463. The molecule has 2 amide bonds. The number of nitrogen functional groups attached to an aromatic ring is 1. The Morgan fingerprint density at radius 3 is 2.78 bits per heavy atom. The first-order valence-electron chi connectivity index (χ1n) is 5.76. The van der Waals surface area contributed by atoms with E-state index >= 15 is 0 Å². The summed E-state index contributed by atoms with van der Waals surface area (Å²) in [4.78, 5) is 25.0. The van der Waals surface area contributed by atoms with Crippen LogP contribution in [0, 0.1) is 0 Å². The first-order valence-corrected chi connectivity index (χ1v) is 5.76. The molecular weight excluding hydrogens is 234 g/mol. The number of nitrogens with two attached hydrogens (primary N) is 1. The monoisotopic (exact) mass is 253 g/mol. The lowest BCUT2D eigenvalue weighted by atomic mass is 10.3. The summed E-state index contributed by atoms with van der Waals surface area (Å²) in [6, 6.07) is -0.546. The van der Waals surface area contributed by atoms with Gasteiger partial charge in [-0.15, -0.1) is 0 Å². The van der Waals surface area contributed by atoms with Crippen LogP contribution in [-0.2, 0) is 16.1 Å². The van der Waals surface area contributed by atoms with Gasteiger partial charge in [0.15, 0.2) is 0 Å². The quantitative estimate of drug-likeness (QED) is 0.736. The van der Waals surface area contributed by atoms with Gasteiger partial charge in [-0.3, -0.25) is 14.3 Å². The van der Waals surface area contributed by atoms with E-state index < -0.39 is 6.04 Å². The highest BCUT2D eigenvalue weighted by Gasteiger charge is 2.18. The molecule has 0 saturated carbocycles. The number of hydrogen-bond acceptors (Lipinski definition) is 4. The summed E-state index contributed by atoms with van der Waals surface area (Å²) >= 11 is 0. The minimum atomic E-state index is -0.546. The standard InChI is InChI=1S/C11H19N5O2/c1-4-15(3)11(18)8(2)14-10(17)7-16-6-9(12)5-13-16/h5-6,8H,4,7,12H2,1-3H3,(H,14,17). The summed E-state index contributed by atoms with van der Waals surface area (Å²) in [6.07, 6.45) is 3.02. The van der Waals surface area contributed by atoms with E-state index in [1.54, 1.807) is 25.1 Å². The van der Waals surface area contributed by atoms with Crippen LogP contribution < -0.4 is 11.1 Å². The molecular formula is C11H19N5O2. The summed E-state index contributed by atoms with van der Waals surface area (Å²) in [6.45, 7) is 4.18. The van der Waals surface area contributed by atoms with E-state index in [1.807, 2.05) is 6.92 Å². The average molecular weight is 253 g/mol. The van der Waals surface area contributed by atoms with Gasteiger partial charge >= 0.3 is 0 Å². The molecule has 1 aromatic rings. The third kappa shape index (κ3) is 3.76. The molecule has 0 aliphatic rings. The van der Waals surface area contributed by atoms with Gasteiger partial charge in [-0.2, -0.15) is 5.10 Å². The van der Waals surface area contributed by atoms with Crippen molar-refractivity contribution in [2.24, 2.45) is 0 Å². The van der Waals surface area contributed by atoms with Gasteiger partial charge in [0, 0.05) is 19.8 Å². The second-order valence-electron chi connectivity index (χ2n) is 4.11. The molecule has 3 N–H and O–H groups in total. The molecule has 1 rings (SSSR count). The summed E-state index contributed by atoms with van der Waals surface area (Å²) in [5.74, 6) is -0.394. The first kappa shape index (κ1) is 14.0. The maximum Gasteiger partial charge on any atom is 0.244 e. The normalized spacial score (nSPS) is 11.9. The fraction of sp³-hybridized carbons (Fsp3) is 0.545. The van der Waals surface area contributed by atoms with Crippen molar-refractivity contribution in [3.05, 3.63) is 12.4 Å². The van der Waals surface area contributed by atoms with Crippen molar-refractivity contribution in [3.63, 3.8) is 0 Å². The van der Waals surface area contributed by atoms with E-state index in [-0.39, 0.29) is 18.4 Å². The Morgan fingerprint density at radius 1 is 1.61 bits per heavy atom. The van der Waals surface area contributed by atoms with Crippen molar-refractivity contribution >= 4 is 17.5 Å². The molecule has 18 heavy (non-hydrogen) atoms. The van der Waals surface area contributed by atoms with Crippen molar-refractivity contribution in [2.45, 2.75) is 26.4 Å². The van der Waals surface area contributed by atoms with Crippen LogP contribution in [0.25, 0.3) is 0 Å². The van der Waals surface area contributed by atoms with Gasteiger partial charge in [0.1, 0.15) is 12.6 Å². The molecule has 1 heterocycles. The largest absolute Gasteiger partial charge is 0.396 e. The highest BCUT2D eigenvalue weighted by molar-refractivity contribution is 5.87. The third-order valence-corrected chi connectivity index (χ3v) is 2.56. The molecule has 100 valence electrons. The SMILES string of the molecule is CCN(C)C(=O)C(C)NC(=O)Cn1cc(N)cn1. The summed E-state index contributed by atoms with van der Waals surface area (Å²) in [5, 5.41) is 6.52. The van der Waals surface area contributed by atoms with Crippen LogP contribution in [0.2, 0.25) is 0 Å². The van der Waals surface area contributed by atoms with Gasteiger partial charge in [0.2, 0.25) is 11.8 Å². The summed E-state index contributed by atoms with van der Waals surface area (Å²) in [5.41, 5.74) is 5.98. The van der Waals surface area contributed by atoms with Crippen LogP contribution in [0.3, 0.4) is 0 Å². The number of amides is 2. The Morgan fingerprint density at radius 2 is 2.28 bits per heavy atom. The molecule has 1 unspecified atom stereocenters. The molecule has 0 aromatic carbocycles. The number of carbonyl (C=O) groups is 2. The Balaban J connectivity index is 2.47. The van der Waals surface area contributed by atoms with Crippen LogP contribution >= 0.6 is 0 Å². The molecule has 0 spiro atoms. The predicted octanol–water partition coefficient (Wildman–Crippen LogP) is -0.552. The van der Waals surface area contributed by atoms with Gasteiger partial charge in [0.05, 0.1) is 11.9 Å². The molecule has 1 aromatic heterocycles. The number of nitrogens with zero attached hydrogens (tertiary/aromatic N) is 3. The molecule has 0 fully saturated rings. The highest BCUT2D eigenvalue weighted by Crippen LogP contribution is 1.98. The van der Waals surface area contributed by atoms with Crippen molar-refractivity contribution in [1.29, 1.82) is 0 Å². The zero-order valence-corrected chi connectivity index (χ0v) is 10.9. The predicted molar refractivity (Wildman–Crippen MR) is 67.6 cm³/mol. The van der Waals surface area contributed by atoms with Crippen molar-refractivity contribution in [3.8, 4) is 0 Å². The Hall–Kier alpha value is -2.05. The fourth-order valence-corrected chi connectivity index (χ4v) is 1.45. The molecule has 7 heteroatoms. The van der Waals surface area contributed by atoms with Crippen molar-refractivity contribution < 1.29 is 9.59 Å². The summed E-state index contributed by atoms with van der Waals surface area (Å²) < 4.78 is 1.42. The zero-order valence-electron chi connectivity index (χ0n) is 10.9. The van der Waals surface area contributed by atoms with Crippen LogP contribution in [0.4, 0.5) is 5.69 Å². The van der Waals surface area contributed by atoms with E-state index in [2.05, 4.69) is 10.4 Å². The van der Waals surface area contributed by atoms with E-state index in [0.717, 1.165) is 0 Å². The van der Waals surface area contributed by atoms with Crippen LogP contribution in [-0.4, -0.2) is 46.1 Å². The van der Waals surface area contributed by atoms with Crippen LogP contribution in [0.1, 0.15) is 13.8 Å². The van der Waals surface area contributed by atoms with E-state index in [0.29, 0.717) is 12.2 Å². The third-order valence-electron chi connectivity index (χ3n) is 2.56. The molecule has 0 aliphatic carbocycles. The fourth-order valence-electron chi connectivity index (χ4n) is 1.45. The topological polar surface area (TPSA) is 93.2 Å². The maximum absolute atomic E-state index is 11.7. The minimum Gasteiger partial charge on any atom is -0.396 e. The second-order valence-corrected chi connectivity index (χ2v) is 4.11. The van der Waals surface area contributed by atoms with Gasteiger partial charge in [0.25, 0.3) is 0 Å². The molecule has 0 bridgehead atoms. The van der Waals surface area contributed by atoms with E-state index in [4.69, 9.17) is 5.73 Å². The highest BCUT2D eigenvalue weighted by atomic mass is 16.2. The van der Waals surface area contributed by atoms with Gasteiger partial charge < -0.3 is 16.0 Å². The number of likely N-dealkylation sites (N-methyl/N-ethyl adjacent to an activating group) is 1. The number of hydrogen-bond donors (Lipinski definition) is 2. The lowest BCUT2D eigenvalue weighted by Gasteiger charge is -2.20. The molecule has 1 atom stereocenters. The van der Waals surface area contributed by atoms with E-state index in [9.17, 15) is 9.59 Å². The average Bonchev–Trinajstić information content (AvgIpc) is 2.72. The van der Waals surface area contributed by atoms with Crippen LogP contribution in [0.15, 0.2) is 12.4 Å².